The van der Waals surface area contributed by atoms with Gasteiger partial charge in [0.25, 0.3) is 17.7 Å². The quantitative estimate of drug-likeness (QED) is 0.333. The molecular formula is C20H22N4O6. The number of carbonyl (C=O) groups is 5. The predicted octanol–water partition coefficient (Wildman–Crippen LogP) is 0.0636. The molecule has 1 aromatic carbocycles. The lowest BCUT2D eigenvalue weighted by Gasteiger charge is -2.27. The Morgan fingerprint density at radius 2 is 2.03 bits per heavy atom. The second-order valence-corrected chi connectivity index (χ2v) is 6.92. The first-order chi connectivity index (χ1) is 14.4. The Hall–Kier alpha value is -3.56. The van der Waals surface area contributed by atoms with Crippen LogP contribution in [0.2, 0.25) is 0 Å². The number of nitrogens with zero attached hydrogens (tertiary/aromatic N) is 2. The zero-order valence-electron chi connectivity index (χ0n) is 16.3. The fourth-order valence-electron chi connectivity index (χ4n) is 3.37. The number of imide groups is 2. The molecule has 30 heavy (non-hydrogen) atoms. The van der Waals surface area contributed by atoms with Crippen LogP contribution in [-0.4, -0.2) is 66.9 Å². The molecular weight excluding hydrogens is 392 g/mol. The average Bonchev–Trinajstić information content (AvgIpc) is 2.97. The van der Waals surface area contributed by atoms with E-state index in [1.807, 2.05) is 0 Å². The smallest absolute Gasteiger partial charge is 0.266 e. The van der Waals surface area contributed by atoms with Crippen LogP contribution in [0.3, 0.4) is 0 Å². The maximum atomic E-state index is 12.9. The van der Waals surface area contributed by atoms with Crippen molar-refractivity contribution >= 4 is 36.3 Å². The third-order valence-corrected chi connectivity index (χ3v) is 4.85. The van der Waals surface area contributed by atoms with Crippen molar-refractivity contribution in [3.05, 3.63) is 29.3 Å². The predicted molar refractivity (Wildman–Crippen MR) is 105 cm³/mol. The van der Waals surface area contributed by atoms with Crippen LogP contribution in [0.4, 0.5) is 0 Å². The number of fused-ring (bicyclic) bond motifs is 1. The van der Waals surface area contributed by atoms with Crippen LogP contribution < -0.4 is 15.4 Å². The van der Waals surface area contributed by atoms with Gasteiger partial charge in [-0.3, -0.25) is 34.2 Å². The van der Waals surface area contributed by atoms with Gasteiger partial charge in [0.1, 0.15) is 11.8 Å². The van der Waals surface area contributed by atoms with Gasteiger partial charge in [0.15, 0.2) is 6.61 Å². The van der Waals surface area contributed by atoms with Crippen molar-refractivity contribution in [2.24, 2.45) is 4.99 Å². The summed E-state index contributed by atoms with van der Waals surface area (Å²) in [4.78, 5) is 65.7. The van der Waals surface area contributed by atoms with Gasteiger partial charge >= 0.3 is 0 Å². The van der Waals surface area contributed by atoms with Gasteiger partial charge in [-0.15, -0.1) is 0 Å². The monoisotopic (exact) mass is 414 g/mol. The summed E-state index contributed by atoms with van der Waals surface area (Å²) in [6.07, 6.45) is 1.66. The summed E-state index contributed by atoms with van der Waals surface area (Å²) >= 11 is 0. The molecule has 2 aliphatic heterocycles. The molecule has 1 saturated heterocycles. The van der Waals surface area contributed by atoms with Crippen molar-refractivity contribution in [2.45, 2.75) is 31.7 Å². The van der Waals surface area contributed by atoms with Gasteiger partial charge < -0.3 is 15.0 Å². The highest BCUT2D eigenvalue weighted by Gasteiger charge is 2.46. The van der Waals surface area contributed by atoms with E-state index in [-0.39, 0.29) is 42.2 Å². The van der Waals surface area contributed by atoms with Crippen molar-refractivity contribution in [1.82, 2.24) is 15.5 Å². The number of hydrogen-bond donors (Lipinski definition) is 2. The van der Waals surface area contributed by atoms with Gasteiger partial charge in [0.05, 0.1) is 11.1 Å². The van der Waals surface area contributed by atoms with E-state index in [1.54, 1.807) is 0 Å². The van der Waals surface area contributed by atoms with E-state index in [2.05, 4.69) is 22.3 Å². The highest BCUT2D eigenvalue weighted by molar-refractivity contribution is 6.24. The van der Waals surface area contributed by atoms with E-state index < -0.39 is 29.7 Å². The topological polar surface area (TPSA) is 134 Å². The third kappa shape index (κ3) is 4.37. The Balaban J connectivity index is 1.66. The number of benzene rings is 1. The van der Waals surface area contributed by atoms with E-state index in [4.69, 9.17) is 4.74 Å². The van der Waals surface area contributed by atoms with Gasteiger partial charge in [-0.25, -0.2) is 0 Å². The molecule has 2 heterocycles. The number of amides is 5. The highest BCUT2D eigenvalue weighted by Crippen LogP contribution is 2.33. The van der Waals surface area contributed by atoms with Crippen molar-refractivity contribution in [1.29, 1.82) is 0 Å². The number of rotatable bonds is 9. The summed E-state index contributed by atoms with van der Waals surface area (Å²) in [5.74, 6) is -2.71. The van der Waals surface area contributed by atoms with Crippen molar-refractivity contribution in [3.8, 4) is 5.75 Å². The number of hydrogen-bond acceptors (Lipinski definition) is 7. The van der Waals surface area contributed by atoms with Crippen LogP contribution in [0.15, 0.2) is 23.2 Å². The van der Waals surface area contributed by atoms with Crippen LogP contribution in [0, 0.1) is 0 Å². The molecule has 10 nitrogen and oxygen atoms in total. The Morgan fingerprint density at radius 3 is 2.77 bits per heavy atom. The Morgan fingerprint density at radius 1 is 1.23 bits per heavy atom. The van der Waals surface area contributed by atoms with Gasteiger partial charge in [-0.1, -0.05) is 6.07 Å². The molecule has 0 aliphatic carbocycles. The maximum absolute atomic E-state index is 12.9. The molecule has 0 aromatic heterocycles. The number of unbranched alkanes of at least 4 members (excludes halogenated alkanes) is 1. The highest BCUT2D eigenvalue weighted by atomic mass is 16.5. The first-order valence-corrected chi connectivity index (χ1v) is 9.60. The van der Waals surface area contributed by atoms with Crippen molar-refractivity contribution in [2.75, 3.05) is 19.7 Å². The van der Waals surface area contributed by atoms with Crippen LogP contribution in [0.1, 0.15) is 46.4 Å². The van der Waals surface area contributed by atoms with Gasteiger partial charge in [-0.2, -0.15) is 0 Å². The van der Waals surface area contributed by atoms with Gasteiger partial charge in [0, 0.05) is 19.5 Å². The summed E-state index contributed by atoms with van der Waals surface area (Å²) in [7, 11) is 0. The molecule has 1 fully saturated rings. The number of carbonyl (C=O) groups excluding carboxylic acids is 5. The molecule has 158 valence electrons. The lowest BCUT2D eigenvalue weighted by Crippen LogP contribution is -2.54. The SMILES string of the molecule is C=NCCCCNC(=O)COc1cccc2c1C(=O)N(C1CCC(=O)NC1=O)C2=O. The van der Waals surface area contributed by atoms with Crippen molar-refractivity contribution < 1.29 is 28.7 Å². The Kier molecular flexibility index (Phi) is 6.55. The van der Waals surface area contributed by atoms with E-state index in [1.165, 1.54) is 18.2 Å². The van der Waals surface area contributed by atoms with Crippen LogP contribution in [-0.2, 0) is 14.4 Å². The molecule has 3 rings (SSSR count). The molecule has 2 aliphatic rings. The average molecular weight is 414 g/mol. The molecule has 1 unspecified atom stereocenters. The number of aliphatic imine (C=N–C) groups is 1. The lowest BCUT2D eigenvalue weighted by molar-refractivity contribution is -0.136. The summed E-state index contributed by atoms with van der Waals surface area (Å²) in [6.45, 7) is 4.16. The van der Waals surface area contributed by atoms with E-state index >= 15 is 0 Å². The van der Waals surface area contributed by atoms with Crippen LogP contribution >= 0.6 is 0 Å². The fourth-order valence-corrected chi connectivity index (χ4v) is 3.37. The fraction of sp³-hybridized carbons (Fsp3) is 0.400. The summed E-state index contributed by atoms with van der Waals surface area (Å²) in [6, 6.07) is 3.42. The van der Waals surface area contributed by atoms with Crippen LogP contribution in [0.5, 0.6) is 5.75 Å². The van der Waals surface area contributed by atoms with E-state index in [0.29, 0.717) is 13.1 Å². The molecule has 2 N–H and O–H groups in total. The van der Waals surface area contributed by atoms with E-state index in [9.17, 15) is 24.0 Å². The summed E-state index contributed by atoms with van der Waals surface area (Å²) < 4.78 is 5.49. The van der Waals surface area contributed by atoms with Gasteiger partial charge in [0.2, 0.25) is 11.8 Å². The summed E-state index contributed by atoms with van der Waals surface area (Å²) in [5.41, 5.74) is 0.108. The van der Waals surface area contributed by atoms with Gasteiger partial charge in [-0.05, 0) is 38.1 Å². The molecule has 10 heteroatoms. The Labute approximate surface area is 172 Å². The minimum absolute atomic E-state index is 0.0112. The van der Waals surface area contributed by atoms with Crippen LogP contribution in [0.25, 0.3) is 0 Å². The first kappa shape index (κ1) is 21.2. The maximum Gasteiger partial charge on any atom is 0.266 e. The normalized spacial score (nSPS) is 18.1. The second kappa shape index (κ2) is 9.29. The first-order valence-electron chi connectivity index (χ1n) is 9.60. The van der Waals surface area contributed by atoms with E-state index in [0.717, 1.165) is 17.7 Å². The zero-order chi connectivity index (χ0) is 21.7. The number of ether oxygens (including phenoxy) is 1. The molecule has 0 bridgehead atoms. The largest absolute Gasteiger partial charge is 0.483 e. The van der Waals surface area contributed by atoms with Crippen molar-refractivity contribution in [3.63, 3.8) is 0 Å². The second-order valence-electron chi connectivity index (χ2n) is 6.92. The molecule has 5 amide bonds. The standard InChI is InChI=1S/C20H22N4O6/c1-21-9-2-3-10-22-16(26)11-30-14-6-4-5-12-17(14)20(29)24(19(12)28)13-7-8-15(25)23-18(13)27/h4-6,13H,1-3,7-11H2,(H,22,26)(H,23,25,27). The minimum Gasteiger partial charge on any atom is -0.483 e. The third-order valence-electron chi connectivity index (χ3n) is 4.85. The zero-order valence-corrected chi connectivity index (χ0v) is 16.3. The number of nitrogens with one attached hydrogen (secondary N) is 2. The molecule has 0 radical (unpaired) electrons. The molecule has 0 spiro atoms. The Bertz CT molecular complexity index is 913. The molecule has 1 atom stereocenters. The lowest BCUT2D eigenvalue weighted by atomic mass is 10.0. The summed E-state index contributed by atoms with van der Waals surface area (Å²) in [5, 5.41) is 4.84. The number of piperidine rings is 1. The molecule has 0 saturated carbocycles. The minimum atomic E-state index is -1.06. The molecule has 1 aromatic rings.